The second-order valence-corrected chi connectivity index (χ2v) is 4.12. The number of halogens is 1. The fraction of sp³-hybridized carbons (Fsp3) is 0.214. The van der Waals surface area contributed by atoms with Crippen molar-refractivity contribution in [1.82, 2.24) is 5.32 Å². The van der Waals surface area contributed by atoms with Crippen molar-refractivity contribution >= 4 is 5.91 Å². The predicted molar refractivity (Wildman–Crippen MR) is 65.8 cm³/mol. The first-order chi connectivity index (χ1) is 8.58. The van der Waals surface area contributed by atoms with Crippen LogP contribution < -0.4 is 5.32 Å². The van der Waals surface area contributed by atoms with Gasteiger partial charge in [0.2, 0.25) is 0 Å². The molecule has 1 aromatic heterocycles. The predicted octanol–water partition coefficient (Wildman–Crippen LogP) is 2.97. The van der Waals surface area contributed by atoms with E-state index in [9.17, 15) is 9.18 Å². The van der Waals surface area contributed by atoms with Crippen LogP contribution in [0, 0.1) is 19.7 Å². The van der Waals surface area contributed by atoms with Gasteiger partial charge in [0.15, 0.2) is 5.76 Å². The fourth-order valence-corrected chi connectivity index (χ4v) is 1.59. The molecule has 0 saturated carbocycles. The molecule has 0 unspecified atom stereocenters. The molecule has 94 valence electrons. The molecule has 0 aliphatic heterocycles. The van der Waals surface area contributed by atoms with E-state index in [1.165, 1.54) is 6.07 Å². The number of amides is 1. The normalized spacial score (nSPS) is 10.4. The van der Waals surface area contributed by atoms with E-state index in [2.05, 4.69) is 5.32 Å². The van der Waals surface area contributed by atoms with Gasteiger partial charge in [0.05, 0.1) is 0 Å². The SMILES string of the molecule is Cc1cc(C(=O)NCc2ccccc2F)oc1C. The topological polar surface area (TPSA) is 42.2 Å². The zero-order valence-electron chi connectivity index (χ0n) is 10.3. The summed E-state index contributed by atoms with van der Waals surface area (Å²) >= 11 is 0. The lowest BCUT2D eigenvalue weighted by atomic mass is 10.2. The van der Waals surface area contributed by atoms with Gasteiger partial charge in [0, 0.05) is 12.1 Å². The Morgan fingerprint density at radius 2 is 2.06 bits per heavy atom. The number of benzene rings is 1. The molecule has 18 heavy (non-hydrogen) atoms. The molecular weight excluding hydrogens is 233 g/mol. The van der Waals surface area contributed by atoms with E-state index in [1.54, 1.807) is 31.2 Å². The van der Waals surface area contributed by atoms with Crippen LogP contribution in [0.3, 0.4) is 0 Å². The molecule has 1 heterocycles. The highest BCUT2D eigenvalue weighted by Gasteiger charge is 2.12. The zero-order chi connectivity index (χ0) is 13.1. The average molecular weight is 247 g/mol. The first kappa shape index (κ1) is 12.4. The Balaban J connectivity index is 2.03. The number of carbonyl (C=O) groups excluding carboxylic acids is 1. The van der Waals surface area contributed by atoms with Crippen molar-refractivity contribution in [3.8, 4) is 0 Å². The maximum Gasteiger partial charge on any atom is 0.287 e. The third-order valence-electron chi connectivity index (χ3n) is 2.79. The van der Waals surface area contributed by atoms with Crippen molar-refractivity contribution in [2.75, 3.05) is 0 Å². The molecule has 0 saturated heterocycles. The minimum Gasteiger partial charge on any atom is -0.456 e. The fourth-order valence-electron chi connectivity index (χ4n) is 1.59. The van der Waals surface area contributed by atoms with Gasteiger partial charge in [-0.05, 0) is 31.5 Å². The summed E-state index contributed by atoms with van der Waals surface area (Å²) < 4.78 is 18.6. The summed E-state index contributed by atoms with van der Waals surface area (Å²) in [4.78, 5) is 11.8. The van der Waals surface area contributed by atoms with E-state index in [0.29, 0.717) is 11.3 Å². The largest absolute Gasteiger partial charge is 0.456 e. The molecule has 1 aromatic carbocycles. The summed E-state index contributed by atoms with van der Waals surface area (Å²) in [6.45, 7) is 3.81. The molecular formula is C14H14FNO2. The molecule has 0 spiro atoms. The van der Waals surface area contributed by atoms with Crippen LogP contribution in [0.1, 0.15) is 27.4 Å². The maximum absolute atomic E-state index is 13.3. The van der Waals surface area contributed by atoms with E-state index in [1.807, 2.05) is 6.92 Å². The van der Waals surface area contributed by atoms with Crippen molar-refractivity contribution in [2.45, 2.75) is 20.4 Å². The van der Waals surface area contributed by atoms with Crippen LogP contribution in [-0.4, -0.2) is 5.91 Å². The summed E-state index contributed by atoms with van der Waals surface area (Å²) in [6.07, 6.45) is 0. The van der Waals surface area contributed by atoms with Crippen molar-refractivity contribution in [2.24, 2.45) is 0 Å². The van der Waals surface area contributed by atoms with E-state index >= 15 is 0 Å². The van der Waals surface area contributed by atoms with Crippen LogP contribution in [0.5, 0.6) is 0 Å². The summed E-state index contributed by atoms with van der Waals surface area (Å²) in [5.74, 6) is 0.298. The Labute approximate surface area is 105 Å². The number of carbonyl (C=O) groups is 1. The van der Waals surface area contributed by atoms with Crippen LogP contribution in [0.25, 0.3) is 0 Å². The minimum atomic E-state index is -0.338. The van der Waals surface area contributed by atoms with Crippen LogP contribution >= 0.6 is 0 Å². The molecule has 3 nitrogen and oxygen atoms in total. The standard InChI is InChI=1S/C14H14FNO2/c1-9-7-13(18-10(9)2)14(17)16-8-11-5-3-4-6-12(11)15/h3-7H,8H2,1-2H3,(H,16,17). The van der Waals surface area contributed by atoms with E-state index in [-0.39, 0.29) is 24.0 Å². The van der Waals surface area contributed by atoms with Crippen LogP contribution in [0.15, 0.2) is 34.7 Å². The molecule has 0 aliphatic rings. The highest BCUT2D eigenvalue weighted by atomic mass is 19.1. The Hall–Kier alpha value is -2.10. The summed E-state index contributed by atoms with van der Waals surface area (Å²) in [7, 11) is 0. The number of hydrogen-bond acceptors (Lipinski definition) is 2. The monoisotopic (exact) mass is 247 g/mol. The first-order valence-corrected chi connectivity index (χ1v) is 5.66. The maximum atomic E-state index is 13.3. The Kier molecular flexibility index (Phi) is 3.46. The van der Waals surface area contributed by atoms with Gasteiger partial charge in [-0.1, -0.05) is 18.2 Å². The van der Waals surface area contributed by atoms with E-state index in [0.717, 1.165) is 5.56 Å². The van der Waals surface area contributed by atoms with Crippen molar-refractivity contribution in [3.05, 3.63) is 58.8 Å². The summed E-state index contributed by atoms with van der Waals surface area (Å²) in [6, 6.07) is 8.01. The minimum absolute atomic E-state index is 0.143. The molecule has 4 heteroatoms. The van der Waals surface area contributed by atoms with Gasteiger partial charge in [-0.3, -0.25) is 4.79 Å². The Bertz CT molecular complexity index is 555. The van der Waals surface area contributed by atoms with Crippen molar-refractivity contribution in [3.63, 3.8) is 0 Å². The number of aryl methyl sites for hydroxylation is 2. The lowest BCUT2D eigenvalue weighted by molar-refractivity contribution is 0.0921. The van der Waals surface area contributed by atoms with Gasteiger partial charge in [0.1, 0.15) is 11.6 Å². The smallest absolute Gasteiger partial charge is 0.287 e. The number of nitrogens with one attached hydrogen (secondary N) is 1. The highest BCUT2D eigenvalue weighted by Crippen LogP contribution is 2.13. The second kappa shape index (κ2) is 5.04. The molecule has 0 atom stereocenters. The van der Waals surface area contributed by atoms with E-state index in [4.69, 9.17) is 4.42 Å². The van der Waals surface area contributed by atoms with Crippen molar-refractivity contribution in [1.29, 1.82) is 0 Å². The summed E-state index contributed by atoms with van der Waals surface area (Å²) in [5, 5.41) is 2.62. The van der Waals surface area contributed by atoms with Gasteiger partial charge in [-0.25, -0.2) is 4.39 Å². The van der Waals surface area contributed by atoms with Gasteiger partial charge >= 0.3 is 0 Å². The average Bonchev–Trinajstić information content (AvgIpc) is 2.68. The number of hydrogen-bond donors (Lipinski definition) is 1. The molecule has 1 amide bonds. The third-order valence-corrected chi connectivity index (χ3v) is 2.79. The number of furan rings is 1. The molecule has 2 aromatic rings. The van der Waals surface area contributed by atoms with Crippen LogP contribution in [0.2, 0.25) is 0 Å². The zero-order valence-corrected chi connectivity index (χ0v) is 10.3. The van der Waals surface area contributed by atoms with Gasteiger partial charge in [-0.2, -0.15) is 0 Å². The van der Waals surface area contributed by atoms with Crippen molar-refractivity contribution < 1.29 is 13.6 Å². The summed E-state index contributed by atoms with van der Waals surface area (Å²) in [5.41, 5.74) is 1.37. The quantitative estimate of drug-likeness (QED) is 0.906. The third kappa shape index (κ3) is 2.59. The first-order valence-electron chi connectivity index (χ1n) is 5.66. The van der Waals surface area contributed by atoms with Gasteiger partial charge in [0.25, 0.3) is 5.91 Å². The highest BCUT2D eigenvalue weighted by molar-refractivity contribution is 5.91. The molecule has 0 fully saturated rings. The molecule has 0 bridgehead atoms. The van der Waals surface area contributed by atoms with Gasteiger partial charge < -0.3 is 9.73 Å². The number of rotatable bonds is 3. The van der Waals surface area contributed by atoms with Gasteiger partial charge in [-0.15, -0.1) is 0 Å². The molecule has 0 radical (unpaired) electrons. The second-order valence-electron chi connectivity index (χ2n) is 4.12. The Morgan fingerprint density at radius 1 is 1.33 bits per heavy atom. The molecule has 1 N–H and O–H groups in total. The lowest BCUT2D eigenvalue weighted by Gasteiger charge is -2.04. The molecule has 2 rings (SSSR count). The lowest BCUT2D eigenvalue weighted by Crippen LogP contribution is -2.22. The Morgan fingerprint density at radius 3 is 2.67 bits per heavy atom. The van der Waals surface area contributed by atoms with Crippen LogP contribution in [0.4, 0.5) is 4.39 Å². The van der Waals surface area contributed by atoms with E-state index < -0.39 is 0 Å². The van der Waals surface area contributed by atoms with Crippen LogP contribution in [-0.2, 0) is 6.54 Å². The molecule has 0 aliphatic carbocycles.